The first kappa shape index (κ1) is 16.6. The highest BCUT2D eigenvalue weighted by molar-refractivity contribution is 5.79. The molecule has 2 aliphatic rings. The van der Waals surface area contributed by atoms with Gasteiger partial charge in [-0.15, -0.1) is 0 Å². The number of rotatable bonds is 3. The number of fused-ring (bicyclic) bond motifs is 1. The molecule has 1 saturated heterocycles. The van der Waals surface area contributed by atoms with Gasteiger partial charge in [0.05, 0.1) is 11.6 Å². The maximum absolute atomic E-state index is 12.7. The van der Waals surface area contributed by atoms with Crippen molar-refractivity contribution in [2.45, 2.75) is 31.7 Å². The first-order valence-electron chi connectivity index (χ1n) is 9.24. The lowest BCUT2D eigenvalue weighted by atomic mass is 9.95. The lowest BCUT2D eigenvalue weighted by Crippen LogP contribution is -2.41. The van der Waals surface area contributed by atoms with Gasteiger partial charge in [-0.25, -0.2) is 4.98 Å². The molecule has 0 spiro atoms. The summed E-state index contributed by atoms with van der Waals surface area (Å²) in [7, 11) is 0. The van der Waals surface area contributed by atoms with Crippen molar-refractivity contribution in [2.75, 3.05) is 18.0 Å². The number of amides is 1. The molecule has 5 nitrogen and oxygen atoms in total. The number of carbonyl (C=O) groups is 1. The zero-order valence-electron chi connectivity index (χ0n) is 14.7. The Hall–Kier alpha value is -2.87. The highest BCUT2D eigenvalue weighted by Crippen LogP contribution is 2.31. The van der Waals surface area contributed by atoms with Crippen LogP contribution in [0.4, 0.5) is 5.82 Å². The van der Waals surface area contributed by atoms with E-state index in [1.54, 1.807) is 12.3 Å². The Morgan fingerprint density at radius 1 is 1.15 bits per heavy atom. The number of nitrogens with one attached hydrogen (secondary N) is 1. The highest BCUT2D eigenvalue weighted by atomic mass is 16.1. The molecule has 1 aliphatic carbocycles. The fraction of sp³-hybridized carbons (Fsp3) is 0.381. The molecule has 2 aromatic rings. The van der Waals surface area contributed by atoms with E-state index >= 15 is 0 Å². The number of carbonyl (C=O) groups excluding carboxylic acids is 1. The summed E-state index contributed by atoms with van der Waals surface area (Å²) in [4.78, 5) is 19.3. The van der Waals surface area contributed by atoms with Gasteiger partial charge in [0.25, 0.3) is 0 Å². The van der Waals surface area contributed by atoms with Crippen LogP contribution in [0.3, 0.4) is 0 Å². The van der Waals surface area contributed by atoms with E-state index in [1.807, 2.05) is 12.1 Å². The average Bonchev–Trinajstić information content (AvgIpc) is 3.11. The number of nitriles is 1. The molecule has 1 aliphatic heterocycles. The van der Waals surface area contributed by atoms with Crippen molar-refractivity contribution in [1.82, 2.24) is 10.3 Å². The van der Waals surface area contributed by atoms with E-state index in [0.29, 0.717) is 5.56 Å². The SMILES string of the molecule is N#Cc1ccc(N2CCC(C(=O)N[C@H]3CCc4ccccc43)CC2)nc1. The second-order valence-corrected chi connectivity index (χ2v) is 7.08. The first-order chi connectivity index (χ1) is 12.7. The molecule has 1 N–H and O–H groups in total. The van der Waals surface area contributed by atoms with E-state index in [-0.39, 0.29) is 17.9 Å². The molecule has 1 aromatic heterocycles. The maximum atomic E-state index is 12.7. The zero-order valence-corrected chi connectivity index (χ0v) is 14.7. The average molecular weight is 346 g/mol. The Balaban J connectivity index is 1.33. The van der Waals surface area contributed by atoms with Gasteiger partial charge in [0.2, 0.25) is 5.91 Å². The van der Waals surface area contributed by atoms with Gasteiger partial charge in [0, 0.05) is 25.2 Å². The predicted octanol–water partition coefficient (Wildman–Crippen LogP) is 2.97. The van der Waals surface area contributed by atoms with Crippen molar-refractivity contribution in [3.8, 4) is 6.07 Å². The summed E-state index contributed by atoms with van der Waals surface area (Å²) < 4.78 is 0. The molecule has 0 radical (unpaired) electrons. The van der Waals surface area contributed by atoms with Crippen LogP contribution in [0.5, 0.6) is 0 Å². The molecular formula is C21H22N4O. The van der Waals surface area contributed by atoms with Crippen LogP contribution < -0.4 is 10.2 Å². The number of hydrogen-bond donors (Lipinski definition) is 1. The number of aryl methyl sites for hydroxylation is 1. The molecule has 0 bridgehead atoms. The summed E-state index contributed by atoms with van der Waals surface area (Å²) in [5.74, 6) is 1.13. The Labute approximate surface area is 153 Å². The number of aromatic nitrogens is 1. The minimum Gasteiger partial charge on any atom is -0.357 e. The molecule has 4 rings (SSSR count). The Bertz CT molecular complexity index is 832. The van der Waals surface area contributed by atoms with Crippen molar-refractivity contribution in [3.05, 3.63) is 59.3 Å². The molecule has 5 heteroatoms. The summed E-state index contributed by atoms with van der Waals surface area (Å²) in [6.45, 7) is 1.64. The number of piperidine rings is 1. The Morgan fingerprint density at radius 3 is 2.69 bits per heavy atom. The van der Waals surface area contributed by atoms with Crippen LogP contribution in [-0.4, -0.2) is 24.0 Å². The summed E-state index contributed by atoms with van der Waals surface area (Å²) in [6, 6.07) is 14.3. The van der Waals surface area contributed by atoms with Crippen LogP contribution in [0.2, 0.25) is 0 Å². The monoisotopic (exact) mass is 346 g/mol. The maximum Gasteiger partial charge on any atom is 0.223 e. The minimum absolute atomic E-state index is 0.0670. The first-order valence-corrected chi connectivity index (χ1v) is 9.24. The molecule has 1 amide bonds. The largest absolute Gasteiger partial charge is 0.357 e. The van der Waals surface area contributed by atoms with Gasteiger partial charge in [-0.1, -0.05) is 24.3 Å². The Kier molecular flexibility index (Phi) is 4.57. The smallest absolute Gasteiger partial charge is 0.223 e. The van der Waals surface area contributed by atoms with Crippen molar-refractivity contribution in [1.29, 1.82) is 5.26 Å². The zero-order chi connectivity index (χ0) is 17.9. The summed E-state index contributed by atoms with van der Waals surface area (Å²) >= 11 is 0. The Morgan fingerprint density at radius 2 is 1.96 bits per heavy atom. The fourth-order valence-corrected chi connectivity index (χ4v) is 4.01. The van der Waals surface area contributed by atoms with E-state index in [4.69, 9.17) is 5.26 Å². The van der Waals surface area contributed by atoms with Crippen molar-refractivity contribution < 1.29 is 4.79 Å². The summed E-state index contributed by atoms with van der Waals surface area (Å²) in [5, 5.41) is 12.1. The second kappa shape index (κ2) is 7.17. The number of nitrogens with zero attached hydrogens (tertiary/aromatic N) is 3. The van der Waals surface area contributed by atoms with Crippen LogP contribution in [-0.2, 0) is 11.2 Å². The number of benzene rings is 1. The normalized spacial score (nSPS) is 19.7. The fourth-order valence-electron chi connectivity index (χ4n) is 4.01. The van der Waals surface area contributed by atoms with Gasteiger partial charge in [-0.3, -0.25) is 4.79 Å². The van der Waals surface area contributed by atoms with E-state index in [9.17, 15) is 4.79 Å². The van der Waals surface area contributed by atoms with Gasteiger partial charge in [-0.05, 0) is 48.9 Å². The molecule has 26 heavy (non-hydrogen) atoms. The van der Waals surface area contributed by atoms with E-state index in [1.165, 1.54) is 11.1 Å². The van der Waals surface area contributed by atoms with E-state index in [0.717, 1.165) is 44.6 Å². The van der Waals surface area contributed by atoms with Crippen molar-refractivity contribution in [2.24, 2.45) is 5.92 Å². The molecular weight excluding hydrogens is 324 g/mol. The van der Waals surface area contributed by atoms with Crippen molar-refractivity contribution in [3.63, 3.8) is 0 Å². The van der Waals surface area contributed by atoms with Crippen LogP contribution in [0, 0.1) is 17.2 Å². The lowest BCUT2D eigenvalue weighted by Gasteiger charge is -2.32. The van der Waals surface area contributed by atoms with Crippen LogP contribution in [0.25, 0.3) is 0 Å². The quantitative estimate of drug-likeness (QED) is 0.928. The third-order valence-electron chi connectivity index (χ3n) is 5.52. The highest BCUT2D eigenvalue weighted by Gasteiger charge is 2.29. The number of hydrogen-bond acceptors (Lipinski definition) is 4. The van der Waals surface area contributed by atoms with Gasteiger partial charge in [0.1, 0.15) is 11.9 Å². The third-order valence-corrected chi connectivity index (χ3v) is 5.52. The summed E-state index contributed by atoms with van der Waals surface area (Å²) in [6.07, 6.45) is 5.32. The van der Waals surface area contributed by atoms with Crippen LogP contribution in [0.15, 0.2) is 42.6 Å². The standard InChI is InChI=1S/C21H22N4O/c22-13-15-5-8-20(23-14-15)25-11-9-17(10-12-25)21(26)24-19-7-6-16-3-1-2-4-18(16)19/h1-5,8,14,17,19H,6-7,9-12H2,(H,24,26)/t19-/m0/s1. The number of anilines is 1. The molecule has 1 atom stereocenters. The summed E-state index contributed by atoms with van der Waals surface area (Å²) in [5.41, 5.74) is 3.21. The lowest BCUT2D eigenvalue weighted by molar-refractivity contribution is -0.126. The van der Waals surface area contributed by atoms with Crippen molar-refractivity contribution >= 4 is 11.7 Å². The van der Waals surface area contributed by atoms with E-state index in [2.05, 4.69) is 39.5 Å². The molecule has 2 heterocycles. The minimum atomic E-state index is 0.0670. The van der Waals surface area contributed by atoms with Crippen LogP contribution >= 0.6 is 0 Å². The number of pyridine rings is 1. The van der Waals surface area contributed by atoms with Gasteiger partial charge < -0.3 is 10.2 Å². The molecule has 132 valence electrons. The molecule has 1 aromatic carbocycles. The second-order valence-electron chi connectivity index (χ2n) is 7.08. The topological polar surface area (TPSA) is 69.0 Å². The third kappa shape index (κ3) is 3.28. The van der Waals surface area contributed by atoms with Crippen LogP contribution in [0.1, 0.15) is 42.0 Å². The van der Waals surface area contributed by atoms with Gasteiger partial charge in [-0.2, -0.15) is 5.26 Å². The molecule has 1 fully saturated rings. The molecule has 0 unspecified atom stereocenters. The predicted molar refractivity (Wildman–Crippen MR) is 99.5 cm³/mol. The van der Waals surface area contributed by atoms with E-state index < -0.39 is 0 Å². The molecule has 0 saturated carbocycles. The van der Waals surface area contributed by atoms with Gasteiger partial charge in [0.15, 0.2) is 0 Å². The van der Waals surface area contributed by atoms with Gasteiger partial charge >= 0.3 is 0 Å².